The van der Waals surface area contributed by atoms with Crippen molar-refractivity contribution < 1.29 is 0 Å². The van der Waals surface area contributed by atoms with Crippen LogP contribution in [0.25, 0.3) is 11.0 Å². The number of nitrogens with zero attached hydrogens (tertiary/aromatic N) is 2. The van der Waals surface area contributed by atoms with Crippen LogP contribution in [0.3, 0.4) is 0 Å². The third-order valence-corrected chi connectivity index (χ3v) is 4.50. The predicted molar refractivity (Wildman–Crippen MR) is 82.0 cm³/mol. The fourth-order valence-corrected chi connectivity index (χ4v) is 3.20. The van der Waals surface area contributed by atoms with Crippen molar-refractivity contribution in [1.82, 2.24) is 14.5 Å². The Hall–Kier alpha value is -1.55. The monoisotopic (exact) mass is 273 g/mol. The van der Waals surface area contributed by atoms with Crippen LogP contribution in [0.4, 0.5) is 0 Å². The van der Waals surface area contributed by atoms with Crippen molar-refractivity contribution in [2.75, 3.05) is 13.1 Å². The number of para-hydroxylation sites is 2. The molecule has 20 heavy (non-hydrogen) atoms. The highest BCUT2D eigenvalue weighted by molar-refractivity contribution is 5.74. The first-order valence-corrected chi connectivity index (χ1v) is 7.57. The molecule has 0 amide bonds. The summed E-state index contributed by atoms with van der Waals surface area (Å²) in [5, 5.41) is 0. The highest BCUT2D eigenvalue weighted by Gasteiger charge is 2.22. The van der Waals surface area contributed by atoms with E-state index in [0.717, 1.165) is 30.7 Å². The number of aromatic nitrogens is 2. The van der Waals surface area contributed by atoms with Gasteiger partial charge in [0.05, 0.1) is 11.0 Å². The lowest BCUT2D eigenvalue weighted by atomic mass is 9.96. The Morgan fingerprint density at radius 2 is 1.95 bits per heavy atom. The molecule has 1 aromatic heterocycles. The number of rotatable bonds is 3. The highest BCUT2D eigenvalue weighted by atomic mass is 16.1. The number of nitrogens with one attached hydrogen (secondary N) is 1. The van der Waals surface area contributed by atoms with Crippen LogP contribution in [0, 0.1) is 5.92 Å². The Balaban J connectivity index is 1.75. The second kappa shape index (κ2) is 5.44. The van der Waals surface area contributed by atoms with Crippen LogP contribution >= 0.6 is 0 Å². The molecule has 0 atom stereocenters. The maximum absolute atomic E-state index is 12.1. The Morgan fingerprint density at radius 3 is 2.65 bits per heavy atom. The van der Waals surface area contributed by atoms with Crippen molar-refractivity contribution in [2.45, 2.75) is 39.3 Å². The standard InChI is InChI=1S/C16H23N3O/c1-12(2)18-9-7-13(8-10-18)11-19-15-6-4-3-5-14(15)17-16(19)20/h3-6,12-13H,7-11H2,1-2H3,(H,17,20). The van der Waals surface area contributed by atoms with Crippen molar-refractivity contribution in [2.24, 2.45) is 5.92 Å². The number of hydrogen-bond donors (Lipinski definition) is 1. The second-order valence-electron chi connectivity index (χ2n) is 6.13. The van der Waals surface area contributed by atoms with Gasteiger partial charge in [-0.2, -0.15) is 0 Å². The lowest BCUT2D eigenvalue weighted by Gasteiger charge is -2.34. The predicted octanol–water partition coefficient (Wildman–Crippen LogP) is 2.45. The number of H-pyrrole nitrogens is 1. The Bertz CT molecular complexity index is 632. The summed E-state index contributed by atoms with van der Waals surface area (Å²) in [4.78, 5) is 17.5. The van der Waals surface area contributed by atoms with E-state index in [0.29, 0.717) is 12.0 Å². The first-order valence-electron chi connectivity index (χ1n) is 7.57. The average Bonchev–Trinajstić information content (AvgIpc) is 2.76. The SMILES string of the molecule is CC(C)N1CCC(Cn2c(=O)[nH]c3ccccc32)CC1. The lowest BCUT2D eigenvalue weighted by molar-refractivity contribution is 0.142. The van der Waals surface area contributed by atoms with Crippen LogP contribution in [0.5, 0.6) is 0 Å². The zero-order chi connectivity index (χ0) is 14.1. The molecule has 1 aliphatic heterocycles. The molecule has 1 aromatic carbocycles. The summed E-state index contributed by atoms with van der Waals surface area (Å²) in [5.41, 5.74) is 2.00. The minimum Gasteiger partial charge on any atom is -0.306 e. The summed E-state index contributed by atoms with van der Waals surface area (Å²) in [5.74, 6) is 0.613. The van der Waals surface area contributed by atoms with Gasteiger partial charge in [0, 0.05) is 12.6 Å². The summed E-state index contributed by atoms with van der Waals surface area (Å²) >= 11 is 0. The molecule has 2 aromatic rings. The smallest absolute Gasteiger partial charge is 0.306 e. The van der Waals surface area contributed by atoms with Crippen LogP contribution in [-0.2, 0) is 6.54 Å². The van der Waals surface area contributed by atoms with Crippen LogP contribution in [0.15, 0.2) is 29.1 Å². The van der Waals surface area contributed by atoms with Gasteiger partial charge in [-0.25, -0.2) is 4.79 Å². The number of hydrogen-bond acceptors (Lipinski definition) is 2. The van der Waals surface area contributed by atoms with Gasteiger partial charge in [-0.1, -0.05) is 12.1 Å². The largest absolute Gasteiger partial charge is 0.326 e. The minimum absolute atomic E-state index is 0.0255. The molecule has 0 spiro atoms. The van der Waals surface area contributed by atoms with Crippen LogP contribution in [-0.4, -0.2) is 33.6 Å². The van der Waals surface area contributed by atoms with E-state index in [1.54, 1.807) is 0 Å². The van der Waals surface area contributed by atoms with Gasteiger partial charge in [-0.05, 0) is 57.8 Å². The topological polar surface area (TPSA) is 41.0 Å². The van der Waals surface area contributed by atoms with E-state index in [4.69, 9.17) is 0 Å². The number of aromatic amines is 1. The molecule has 1 fully saturated rings. The van der Waals surface area contributed by atoms with Crippen LogP contribution in [0.1, 0.15) is 26.7 Å². The first kappa shape index (κ1) is 13.4. The van der Waals surface area contributed by atoms with Gasteiger partial charge in [-0.3, -0.25) is 4.57 Å². The van der Waals surface area contributed by atoms with Crippen molar-refractivity contribution in [3.63, 3.8) is 0 Å². The molecule has 4 nitrogen and oxygen atoms in total. The van der Waals surface area contributed by atoms with Crippen molar-refractivity contribution in [1.29, 1.82) is 0 Å². The molecule has 4 heteroatoms. The third-order valence-electron chi connectivity index (χ3n) is 4.50. The molecule has 1 aliphatic rings. The molecule has 108 valence electrons. The quantitative estimate of drug-likeness (QED) is 0.933. The second-order valence-corrected chi connectivity index (χ2v) is 6.13. The van der Waals surface area contributed by atoms with Crippen molar-refractivity contribution >= 4 is 11.0 Å². The van der Waals surface area contributed by atoms with E-state index in [1.807, 2.05) is 28.8 Å². The third kappa shape index (κ3) is 2.52. The molecule has 0 saturated carbocycles. The normalized spacial score (nSPS) is 18.1. The van der Waals surface area contributed by atoms with E-state index in [1.165, 1.54) is 12.8 Å². The molecule has 1 saturated heterocycles. The summed E-state index contributed by atoms with van der Waals surface area (Å²) in [6, 6.07) is 8.58. The van der Waals surface area contributed by atoms with Crippen molar-refractivity contribution in [3.8, 4) is 0 Å². The Morgan fingerprint density at radius 1 is 1.25 bits per heavy atom. The average molecular weight is 273 g/mol. The number of piperidine rings is 1. The Kier molecular flexibility index (Phi) is 3.66. The molecule has 0 bridgehead atoms. The van der Waals surface area contributed by atoms with E-state index in [9.17, 15) is 4.79 Å². The highest BCUT2D eigenvalue weighted by Crippen LogP contribution is 2.21. The maximum atomic E-state index is 12.1. The Labute approximate surface area is 119 Å². The van der Waals surface area contributed by atoms with Gasteiger partial charge < -0.3 is 9.88 Å². The zero-order valence-corrected chi connectivity index (χ0v) is 12.3. The van der Waals surface area contributed by atoms with E-state index >= 15 is 0 Å². The van der Waals surface area contributed by atoms with Gasteiger partial charge in [-0.15, -0.1) is 0 Å². The van der Waals surface area contributed by atoms with Crippen LogP contribution < -0.4 is 5.69 Å². The molecule has 0 radical (unpaired) electrons. The summed E-state index contributed by atoms with van der Waals surface area (Å²) < 4.78 is 1.91. The zero-order valence-electron chi connectivity index (χ0n) is 12.3. The number of fused-ring (bicyclic) bond motifs is 1. The number of benzene rings is 1. The fourth-order valence-electron chi connectivity index (χ4n) is 3.20. The van der Waals surface area contributed by atoms with Gasteiger partial charge >= 0.3 is 5.69 Å². The summed E-state index contributed by atoms with van der Waals surface area (Å²) in [6.07, 6.45) is 2.37. The lowest BCUT2D eigenvalue weighted by Crippen LogP contribution is -2.39. The van der Waals surface area contributed by atoms with Gasteiger partial charge in [0.25, 0.3) is 0 Å². The van der Waals surface area contributed by atoms with Gasteiger partial charge in [0.2, 0.25) is 0 Å². The molecule has 2 heterocycles. The molecular weight excluding hydrogens is 250 g/mol. The van der Waals surface area contributed by atoms with Crippen molar-refractivity contribution in [3.05, 3.63) is 34.7 Å². The van der Waals surface area contributed by atoms with E-state index in [-0.39, 0.29) is 5.69 Å². The fraction of sp³-hybridized carbons (Fsp3) is 0.562. The first-order chi connectivity index (χ1) is 9.65. The van der Waals surface area contributed by atoms with E-state index in [2.05, 4.69) is 23.7 Å². The van der Waals surface area contributed by atoms with Gasteiger partial charge in [0.1, 0.15) is 0 Å². The molecule has 1 N–H and O–H groups in total. The summed E-state index contributed by atoms with van der Waals surface area (Å²) in [7, 11) is 0. The summed E-state index contributed by atoms with van der Waals surface area (Å²) in [6.45, 7) is 7.66. The maximum Gasteiger partial charge on any atom is 0.326 e. The molecule has 3 rings (SSSR count). The van der Waals surface area contributed by atoms with Crippen LogP contribution in [0.2, 0.25) is 0 Å². The molecule has 0 aliphatic carbocycles. The van der Waals surface area contributed by atoms with E-state index < -0.39 is 0 Å². The molecular formula is C16H23N3O. The van der Waals surface area contributed by atoms with Gasteiger partial charge in [0.15, 0.2) is 0 Å². The minimum atomic E-state index is 0.0255. The molecule has 0 unspecified atom stereocenters. The number of imidazole rings is 1. The number of likely N-dealkylation sites (tertiary alicyclic amines) is 1.